The van der Waals surface area contributed by atoms with Crippen molar-refractivity contribution in [1.82, 2.24) is 4.72 Å². The number of hydrogen-bond donors (Lipinski definition) is 2. The molecule has 1 aromatic rings. The van der Waals surface area contributed by atoms with Crippen LogP contribution in [0.5, 0.6) is 0 Å². The molecule has 0 bridgehead atoms. The van der Waals surface area contributed by atoms with Crippen LogP contribution in [0.4, 0.5) is 5.69 Å². The molecule has 6 heteroatoms. The molecule has 0 fully saturated rings. The summed E-state index contributed by atoms with van der Waals surface area (Å²) >= 11 is 5.74. The first-order valence-electron chi connectivity index (χ1n) is 4.75. The number of anilines is 1. The lowest BCUT2D eigenvalue weighted by molar-refractivity contribution is 0.539. The van der Waals surface area contributed by atoms with Crippen molar-refractivity contribution in [2.24, 2.45) is 0 Å². The van der Waals surface area contributed by atoms with E-state index in [4.69, 9.17) is 23.8 Å². The quantitative estimate of drug-likeness (QED) is 0.649. The summed E-state index contributed by atoms with van der Waals surface area (Å²) in [4.78, 5) is -0.0756. The first kappa shape index (κ1) is 13.8. The van der Waals surface area contributed by atoms with Crippen LogP contribution in [0.3, 0.4) is 0 Å². The Hall–Kier alpha value is -1.22. The molecule has 0 heterocycles. The molecule has 1 rings (SSSR count). The highest BCUT2D eigenvalue weighted by Gasteiger charge is 2.25. The van der Waals surface area contributed by atoms with Crippen molar-refractivity contribution in [2.75, 3.05) is 5.73 Å². The second-order valence-corrected chi connectivity index (χ2v) is 6.14. The predicted molar refractivity (Wildman–Crippen MR) is 69.1 cm³/mol. The second-order valence-electron chi connectivity index (χ2n) is 4.06. The van der Waals surface area contributed by atoms with Crippen molar-refractivity contribution in [1.29, 1.82) is 0 Å². The molecule has 0 aliphatic carbocycles. The van der Waals surface area contributed by atoms with E-state index in [0.717, 1.165) is 0 Å². The Kier molecular flexibility index (Phi) is 3.72. The maximum Gasteiger partial charge on any atom is 0.243 e. The number of sulfonamides is 1. The van der Waals surface area contributed by atoms with E-state index in [2.05, 4.69) is 10.6 Å². The van der Waals surface area contributed by atoms with Crippen molar-refractivity contribution in [2.45, 2.75) is 24.3 Å². The summed E-state index contributed by atoms with van der Waals surface area (Å²) in [7, 11) is -3.79. The van der Waals surface area contributed by atoms with E-state index in [1.54, 1.807) is 13.8 Å². The van der Waals surface area contributed by atoms with Gasteiger partial charge in [0.1, 0.15) is 4.90 Å². The standard InChI is InChI=1S/C11H13ClN2O2S/c1-4-11(2,3)14-17(15,16)10-7-8(12)5-6-9(10)13/h1,5-7,14H,13H2,2-3H3. The van der Waals surface area contributed by atoms with Gasteiger partial charge in [-0.15, -0.1) is 6.42 Å². The molecule has 0 aliphatic heterocycles. The molecule has 17 heavy (non-hydrogen) atoms. The van der Waals surface area contributed by atoms with Gasteiger partial charge in [0.2, 0.25) is 10.0 Å². The minimum atomic E-state index is -3.79. The molecule has 3 N–H and O–H groups in total. The van der Waals surface area contributed by atoms with E-state index >= 15 is 0 Å². The van der Waals surface area contributed by atoms with E-state index in [1.807, 2.05) is 0 Å². The van der Waals surface area contributed by atoms with E-state index in [9.17, 15) is 8.42 Å². The van der Waals surface area contributed by atoms with Gasteiger partial charge in [-0.1, -0.05) is 17.5 Å². The summed E-state index contributed by atoms with van der Waals surface area (Å²) in [6.07, 6.45) is 5.23. The van der Waals surface area contributed by atoms with Crippen LogP contribution in [0, 0.1) is 12.3 Å². The molecular formula is C11H13ClN2O2S. The second kappa shape index (κ2) is 4.57. The van der Waals surface area contributed by atoms with Gasteiger partial charge in [0, 0.05) is 5.02 Å². The van der Waals surface area contributed by atoms with Gasteiger partial charge >= 0.3 is 0 Å². The zero-order valence-corrected chi connectivity index (χ0v) is 11.1. The Bertz CT molecular complexity index is 574. The van der Waals surface area contributed by atoms with Gasteiger partial charge in [-0.25, -0.2) is 8.42 Å². The molecule has 0 aromatic heterocycles. The van der Waals surface area contributed by atoms with Gasteiger partial charge < -0.3 is 5.73 Å². The average Bonchev–Trinajstić information content (AvgIpc) is 2.20. The summed E-state index contributed by atoms with van der Waals surface area (Å²) in [6.45, 7) is 3.15. The third-order valence-electron chi connectivity index (χ3n) is 2.02. The molecule has 0 spiro atoms. The third-order valence-corrected chi connectivity index (χ3v) is 3.96. The Morgan fingerprint density at radius 1 is 1.47 bits per heavy atom. The zero-order valence-electron chi connectivity index (χ0n) is 9.49. The van der Waals surface area contributed by atoms with Crippen molar-refractivity contribution in [3.05, 3.63) is 23.2 Å². The van der Waals surface area contributed by atoms with Crippen LogP contribution >= 0.6 is 11.6 Å². The van der Waals surface area contributed by atoms with Crippen molar-refractivity contribution < 1.29 is 8.42 Å². The molecule has 0 atom stereocenters. The van der Waals surface area contributed by atoms with E-state index < -0.39 is 15.6 Å². The maximum atomic E-state index is 12.0. The average molecular weight is 273 g/mol. The number of rotatable bonds is 3. The van der Waals surface area contributed by atoms with Crippen LogP contribution in [0.15, 0.2) is 23.1 Å². The number of hydrogen-bond acceptors (Lipinski definition) is 3. The van der Waals surface area contributed by atoms with E-state index in [-0.39, 0.29) is 15.6 Å². The number of terminal acetylenes is 1. The SMILES string of the molecule is C#CC(C)(C)NS(=O)(=O)c1cc(Cl)ccc1N. The summed E-state index contributed by atoms with van der Waals surface area (Å²) in [5.74, 6) is 2.34. The molecule has 0 saturated heterocycles. The minimum Gasteiger partial charge on any atom is -0.398 e. The van der Waals surface area contributed by atoms with E-state index in [1.165, 1.54) is 18.2 Å². The highest BCUT2D eigenvalue weighted by atomic mass is 35.5. The zero-order chi connectivity index (χ0) is 13.3. The highest BCUT2D eigenvalue weighted by Crippen LogP contribution is 2.23. The molecule has 0 saturated carbocycles. The lowest BCUT2D eigenvalue weighted by atomic mass is 10.1. The summed E-state index contributed by atoms with van der Waals surface area (Å²) in [5, 5.41) is 0.290. The monoisotopic (exact) mass is 272 g/mol. The van der Waals surface area contributed by atoms with Gasteiger partial charge in [-0.2, -0.15) is 4.72 Å². The van der Waals surface area contributed by atoms with Gasteiger partial charge in [-0.3, -0.25) is 0 Å². The van der Waals surface area contributed by atoms with Crippen LogP contribution in [0.1, 0.15) is 13.8 Å². The third kappa shape index (κ3) is 3.37. The van der Waals surface area contributed by atoms with Crippen molar-refractivity contribution in [3.8, 4) is 12.3 Å². The smallest absolute Gasteiger partial charge is 0.243 e. The Labute approximate surface area is 106 Å². The number of nitrogen functional groups attached to an aromatic ring is 1. The summed E-state index contributed by atoms with van der Waals surface area (Å²) < 4.78 is 26.4. The molecular weight excluding hydrogens is 260 g/mol. The fraction of sp³-hybridized carbons (Fsp3) is 0.273. The largest absolute Gasteiger partial charge is 0.398 e. The van der Waals surface area contributed by atoms with Crippen LogP contribution in [0.2, 0.25) is 5.02 Å². The topological polar surface area (TPSA) is 72.2 Å². The Balaban J connectivity index is 3.24. The lowest BCUT2D eigenvalue weighted by Crippen LogP contribution is -2.42. The minimum absolute atomic E-state index is 0.0756. The van der Waals surface area contributed by atoms with Crippen molar-refractivity contribution in [3.63, 3.8) is 0 Å². The number of nitrogens with one attached hydrogen (secondary N) is 1. The van der Waals surface area contributed by atoms with Crippen molar-refractivity contribution >= 4 is 27.3 Å². The summed E-state index contributed by atoms with van der Waals surface area (Å²) in [5.41, 5.74) is 4.73. The van der Waals surface area contributed by atoms with Gasteiger partial charge in [0.25, 0.3) is 0 Å². The van der Waals surface area contributed by atoms with Crippen LogP contribution in [-0.4, -0.2) is 14.0 Å². The number of halogens is 1. The first-order chi connectivity index (χ1) is 7.68. The maximum absolute atomic E-state index is 12.0. The van der Waals surface area contributed by atoms with Crippen LogP contribution < -0.4 is 10.5 Å². The molecule has 0 unspecified atom stereocenters. The molecule has 92 valence electrons. The highest BCUT2D eigenvalue weighted by molar-refractivity contribution is 7.89. The first-order valence-corrected chi connectivity index (χ1v) is 6.61. The van der Waals surface area contributed by atoms with Crippen LogP contribution in [0.25, 0.3) is 0 Å². The molecule has 1 aromatic carbocycles. The normalized spacial score (nSPS) is 12.1. The molecule has 0 amide bonds. The fourth-order valence-electron chi connectivity index (χ4n) is 1.16. The van der Waals surface area contributed by atoms with E-state index in [0.29, 0.717) is 0 Å². The van der Waals surface area contributed by atoms with Gasteiger partial charge in [-0.05, 0) is 32.0 Å². The molecule has 0 radical (unpaired) electrons. The van der Waals surface area contributed by atoms with Gasteiger partial charge in [0.15, 0.2) is 0 Å². The van der Waals surface area contributed by atoms with Crippen LogP contribution in [-0.2, 0) is 10.0 Å². The molecule has 4 nitrogen and oxygen atoms in total. The fourth-order valence-corrected chi connectivity index (χ4v) is 2.90. The lowest BCUT2D eigenvalue weighted by Gasteiger charge is -2.20. The number of nitrogens with two attached hydrogens (primary N) is 1. The molecule has 0 aliphatic rings. The number of benzene rings is 1. The predicted octanol–water partition coefficient (Wildman–Crippen LogP) is 1.61. The van der Waals surface area contributed by atoms with Gasteiger partial charge in [0.05, 0.1) is 11.2 Å². The Morgan fingerprint density at radius 3 is 2.59 bits per heavy atom. The Morgan fingerprint density at radius 2 is 2.06 bits per heavy atom. The summed E-state index contributed by atoms with van der Waals surface area (Å²) in [6, 6.07) is 4.23.